The Balaban J connectivity index is 1.84. The van der Waals surface area contributed by atoms with E-state index in [1.807, 2.05) is 19.9 Å². The number of carbonyl (C=O) groups is 1. The summed E-state index contributed by atoms with van der Waals surface area (Å²) in [4.78, 5) is 12.1. The number of esters is 1. The number of benzene rings is 1. The van der Waals surface area contributed by atoms with Crippen molar-refractivity contribution in [2.45, 2.75) is 44.7 Å². The van der Waals surface area contributed by atoms with Crippen molar-refractivity contribution in [2.75, 3.05) is 7.11 Å². The zero-order valence-corrected chi connectivity index (χ0v) is 12.0. The predicted molar refractivity (Wildman–Crippen MR) is 70.9 cm³/mol. The Morgan fingerprint density at radius 1 is 1.35 bits per heavy atom. The second-order valence-corrected chi connectivity index (χ2v) is 5.42. The molecule has 1 aromatic carbocycles. The van der Waals surface area contributed by atoms with Crippen LogP contribution in [0.25, 0.3) is 0 Å². The van der Waals surface area contributed by atoms with Crippen molar-refractivity contribution in [3.8, 4) is 11.5 Å². The molecule has 5 heteroatoms. The number of carbonyl (C=O) groups excluding carboxylic acids is 1. The van der Waals surface area contributed by atoms with E-state index in [9.17, 15) is 4.79 Å². The lowest BCUT2D eigenvalue weighted by molar-refractivity contribution is -0.139. The highest BCUT2D eigenvalue weighted by Crippen LogP contribution is 2.45. The van der Waals surface area contributed by atoms with Gasteiger partial charge in [-0.15, -0.1) is 0 Å². The molecule has 108 valence electrons. The summed E-state index contributed by atoms with van der Waals surface area (Å²) in [5.74, 6) is 0.851. The molecule has 4 unspecified atom stereocenters. The van der Waals surface area contributed by atoms with E-state index in [4.69, 9.17) is 18.9 Å². The van der Waals surface area contributed by atoms with Gasteiger partial charge in [0.1, 0.15) is 17.6 Å². The van der Waals surface area contributed by atoms with Crippen LogP contribution < -0.4 is 9.47 Å². The monoisotopic (exact) mass is 278 g/mol. The summed E-state index contributed by atoms with van der Waals surface area (Å²) in [6, 6.07) is 5.34. The van der Waals surface area contributed by atoms with Crippen LogP contribution in [0.4, 0.5) is 0 Å². The third-order valence-electron chi connectivity index (χ3n) is 3.98. The quantitative estimate of drug-likeness (QED) is 0.480. The van der Waals surface area contributed by atoms with Crippen LogP contribution in [0.15, 0.2) is 18.2 Å². The molecular formula is C15H18O5. The molecule has 1 aromatic rings. The van der Waals surface area contributed by atoms with Gasteiger partial charge >= 0.3 is 5.97 Å². The molecule has 0 saturated carbocycles. The van der Waals surface area contributed by atoms with Crippen molar-refractivity contribution in [3.63, 3.8) is 0 Å². The highest BCUT2D eigenvalue weighted by atomic mass is 16.7. The number of hydrogen-bond acceptors (Lipinski definition) is 5. The molecule has 3 rings (SSSR count). The fraction of sp³-hybridized carbons (Fsp3) is 0.533. The number of hydrogen-bond donors (Lipinski definition) is 0. The molecule has 0 aromatic heterocycles. The van der Waals surface area contributed by atoms with Crippen molar-refractivity contribution >= 4 is 5.97 Å². The molecule has 2 fully saturated rings. The zero-order chi connectivity index (χ0) is 14.5. The van der Waals surface area contributed by atoms with Gasteiger partial charge in [0.05, 0.1) is 19.3 Å². The van der Waals surface area contributed by atoms with E-state index in [1.165, 1.54) is 0 Å². The first-order valence-corrected chi connectivity index (χ1v) is 6.69. The molecule has 0 bridgehead atoms. The summed E-state index contributed by atoms with van der Waals surface area (Å²) in [7, 11) is 1.60. The molecule has 20 heavy (non-hydrogen) atoms. The van der Waals surface area contributed by atoms with Crippen LogP contribution in [-0.2, 0) is 14.3 Å². The maximum atomic E-state index is 12.1. The topological polar surface area (TPSA) is 60.6 Å². The van der Waals surface area contributed by atoms with Crippen LogP contribution in [-0.4, -0.2) is 30.9 Å². The molecule has 4 atom stereocenters. The van der Waals surface area contributed by atoms with Crippen molar-refractivity contribution in [2.24, 2.45) is 0 Å². The van der Waals surface area contributed by atoms with E-state index in [-0.39, 0.29) is 24.3 Å². The van der Waals surface area contributed by atoms with Gasteiger partial charge in [0, 0.05) is 5.56 Å². The molecule has 2 saturated heterocycles. The Bertz CT molecular complexity index is 555. The maximum Gasteiger partial charge on any atom is 0.346 e. The molecule has 0 amide bonds. The van der Waals surface area contributed by atoms with Crippen LogP contribution in [0.2, 0.25) is 0 Å². The summed E-state index contributed by atoms with van der Waals surface area (Å²) >= 11 is 0. The van der Waals surface area contributed by atoms with E-state index < -0.39 is 5.60 Å². The first-order valence-electron chi connectivity index (χ1n) is 6.69. The van der Waals surface area contributed by atoms with Crippen LogP contribution in [0.5, 0.6) is 11.5 Å². The molecule has 0 N–H and O–H groups in total. The molecule has 0 radical (unpaired) electrons. The van der Waals surface area contributed by atoms with E-state index in [0.717, 1.165) is 5.56 Å². The van der Waals surface area contributed by atoms with Gasteiger partial charge in [-0.3, -0.25) is 0 Å². The SMILES string of the molecule is COc1ccc(OC(=O)C2(C)OC2C)c(C2OC2C)c1. The molecular weight excluding hydrogens is 260 g/mol. The van der Waals surface area contributed by atoms with Gasteiger partial charge in [-0.05, 0) is 39.0 Å². The Hall–Kier alpha value is -1.59. The van der Waals surface area contributed by atoms with Crippen molar-refractivity contribution in [3.05, 3.63) is 23.8 Å². The Kier molecular flexibility index (Phi) is 2.99. The third kappa shape index (κ3) is 2.17. The third-order valence-corrected chi connectivity index (χ3v) is 3.98. The smallest absolute Gasteiger partial charge is 0.346 e. The van der Waals surface area contributed by atoms with Crippen LogP contribution in [0, 0.1) is 0 Å². The lowest BCUT2D eigenvalue weighted by Gasteiger charge is -2.12. The minimum atomic E-state index is -0.826. The largest absolute Gasteiger partial charge is 0.497 e. The Morgan fingerprint density at radius 3 is 2.50 bits per heavy atom. The van der Waals surface area contributed by atoms with E-state index in [2.05, 4.69) is 0 Å². The average molecular weight is 278 g/mol. The van der Waals surface area contributed by atoms with Gasteiger partial charge in [0.15, 0.2) is 5.60 Å². The Morgan fingerprint density at radius 2 is 2.00 bits per heavy atom. The minimum absolute atomic E-state index is 0.0433. The van der Waals surface area contributed by atoms with Gasteiger partial charge in [-0.25, -0.2) is 4.79 Å². The van der Waals surface area contributed by atoms with E-state index in [1.54, 1.807) is 26.2 Å². The number of methoxy groups -OCH3 is 1. The fourth-order valence-corrected chi connectivity index (χ4v) is 2.23. The molecule has 5 nitrogen and oxygen atoms in total. The summed E-state index contributed by atoms with van der Waals surface area (Å²) in [5.41, 5.74) is 0.00911. The summed E-state index contributed by atoms with van der Waals surface area (Å²) in [6.07, 6.45) is -0.0164. The first-order chi connectivity index (χ1) is 9.45. The summed E-state index contributed by atoms with van der Waals surface area (Å²) < 4.78 is 21.5. The zero-order valence-electron chi connectivity index (χ0n) is 12.0. The lowest BCUT2D eigenvalue weighted by Crippen LogP contribution is -2.28. The van der Waals surface area contributed by atoms with Gasteiger partial charge < -0.3 is 18.9 Å². The lowest BCUT2D eigenvalue weighted by atomic mass is 10.1. The molecule has 0 aliphatic carbocycles. The van der Waals surface area contributed by atoms with Gasteiger partial charge in [-0.1, -0.05) is 0 Å². The molecule has 2 aliphatic heterocycles. The predicted octanol–water partition coefficient (Wildman–Crippen LogP) is 2.24. The highest BCUT2D eigenvalue weighted by Gasteiger charge is 2.57. The first kappa shape index (κ1) is 13.4. The standard InChI is InChI=1S/C15H18O5/c1-8-13(18-8)11-7-10(17-4)5-6-12(11)19-14(16)15(3)9(2)20-15/h5-9,13H,1-4H3. The van der Waals surface area contributed by atoms with Crippen molar-refractivity contribution < 1.29 is 23.7 Å². The van der Waals surface area contributed by atoms with Crippen LogP contribution in [0.3, 0.4) is 0 Å². The minimum Gasteiger partial charge on any atom is -0.497 e. The fourth-order valence-electron chi connectivity index (χ4n) is 2.23. The maximum absolute atomic E-state index is 12.1. The van der Waals surface area contributed by atoms with Gasteiger partial charge in [0.2, 0.25) is 0 Å². The normalized spacial score (nSPS) is 34.5. The van der Waals surface area contributed by atoms with Crippen LogP contribution in [0.1, 0.15) is 32.4 Å². The average Bonchev–Trinajstić information content (AvgIpc) is 3.29. The molecule has 2 heterocycles. The highest BCUT2D eigenvalue weighted by molar-refractivity contribution is 5.85. The molecule has 0 spiro atoms. The Labute approximate surface area is 117 Å². The van der Waals surface area contributed by atoms with Crippen molar-refractivity contribution in [1.82, 2.24) is 0 Å². The van der Waals surface area contributed by atoms with E-state index >= 15 is 0 Å². The van der Waals surface area contributed by atoms with Gasteiger partial charge in [0.25, 0.3) is 0 Å². The van der Waals surface area contributed by atoms with Crippen LogP contribution >= 0.6 is 0 Å². The number of rotatable bonds is 4. The number of epoxide rings is 2. The second kappa shape index (κ2) is 4.46. The molecule has 2 aliphatic rings. The second-order valence-electron chi connectivity index (χ2n) is 5.42. The number of ether oxygens (including phenoxy) is 4. The van der Waals surface area contributed by atoms with Gasteiger partial charge in [-0.2, -0.15) is 0 Å². The summed E-state index contributed by atoms with van der Waals surface area (Å²) in [5, 5.41) is 0. The summed E-state index contributed by atoms with van der Waals surface area (Å²) in [6.45, 7) is 5.56. The van der Waals surface area contributed by atoms with Crippen molar-refractivity contribution in [1.29, 1.82) is 0 Å². The van der Waals surface area contributed by atoms with E-state index in [0.29, 0.717) is 11.5 Å².